The highest BCUT2D eigenvalue weighted by atomic mass is 35.5. The molecule has 0 atom stereocenters. The summed E-state index contributed by atoms with van der Waals surface area (Å²) in [6, 6.07) is 11.7. The SMILES string of the molecule is CCOC(=O)c1cccc(NC(=O)C2=Cc3cc(Cl)ccc3OC=C2)c1. The van der Waals surface area contributed by atoms with E-state index in [2.05, 4.69) is 5.32 Å². The smallest absolute Gasteiger partial charge is 0.338 e. The first-order valence-electron chi connectivity index (χ1n) is 8.00. The van der Waals surface area contributed by atoms with Gasteiger partial charge in [0.25, 0.3) is 5.91 Å². The number of halogens is 1. The van der Waals surface area contributed by atoms with Crippen LogP contribution in [-0.2, 0) is 9.53 Å². The molecule has 0 saturated heterocycles. The van der Waals surface area contributed by atoms with Crippen LogP contribution >= 0.6 is 11.6 Å². The maximum atomic E-state index is 12.6. The molecule has 1 aliphatic heterocycles. The van der Waals surface area contributed by atoms with E-state index in [1.54, 1.807) is 61.5 Å². The molecule has 5 nitrogen and oxygen atoms in total. The molecule has 0 saturated carbocycles. The van der Waals surface area contributed by atoms with E-state index in [1.165, 1.54) is 6.26 Å². The predicted molar refractivity (Wildman–Crippen MR) is 100 cm³/mol. The molecule has 1 heterocycles. The van der Waals surface area contributed by atoms with Gasteiger partial charge in [-0.1, -0.05) is 17.7 Å². The van der Waals surface area contributed by atoms with Gasteiger partial charge in [-0.3, -0.25) is 4.79 Å². The first-order valence-corrected chi connectivity index (χ1v) is 8.37. The summed E-state index contributed by atoms with van der Waals surface area (Å²) >= 11 is 6.01. The molecular weight excluding hydrogens is 354 g/mol. The zero-order chi connectivity index (χ0) is 18.5. The summed E-state index contributed by atoms with van der Waals surface area (Å²) < 4.78 is 10.4. The Morgan fingerprint density at radius 3 is 2.85 bits per heavy atom. The number of amides is 1. The van der Waals surface area contributed by atoms with Crippen LogP contribution in [0.25, 0.3) is 6.08 Å². The van der Waals surface area contributed by atoms with Crippen molar-refractivity contribution in [1.29, 1.82) is 0 Å². The number of nitrogens with one attached hydrogen (secondary N) is 1. The molecular formula is C20H16ClNO4. The molecule has 0 bridgehead atoms. The number of fused-ring (bicyclic) bond motifs is 1. The van der Waals surface area contributed by atoms with Crippen LogP contribution in [0, 0.1) is 0 Å². The number of carbonyl (C=O) groups excluding carboxylic acids is 2. The monoisotopic (exact) mass is 369 g/mol. The van der Waals surface area contributed by atoms with Crippen LogP contribution in [0.2, 0.25) is 5.02 Å². The van der Waals surface area contributed by atoms with Crippen LogP contribution in [0.3, 0.4) is 0 Å². The van der Waals surface area contributed by atoms with E-state index in [0.717, 1.165) is 0 Å². The number of hydrogen-bond donors (Lipinski definition) is 1. The largest absolute Gasteiger partial charge is 0.464 e. The molecule has 1 N–H and O–H groups in total. The molecule has 0 fully saturated rings. The fourth-order valence-electron chi connectivity index (χ4n) is 2.42. The number of benzene rings is 2. The van der Waals surface area contributed by atoms with Crippen molar-refractivity contribution in [3.8, 4) is 5.75 Å². The Morgan fingerprint density at radius 2 is 2.04 bits per heavy atom. The number of hydrogen-bond acceptors (Lipinski definition) is 4. The topological polar surface area (TPSA) is 64.6 Å². The molecule has 0 spiro atoms. The lowest BCUT2D eigenvalue weighted by atomic mass is 10.1. The van der Waals surface area contributed by atoms with E-state index >= 15 is 0 Å². The molecule has 0 radical (unpaired) electrons. The van der Waals surface area contributed by atoms with Crippen LogP contribution in [0.5, 0.6) is 5.75 Å². The van der Waals surface area contributed by atoms with Crippen molar-refractivity contribution in [2.24, 2.45) is 0 Å². The average molecular weight is 370 g/mol. The Bertz CT molecular complexity index is 918. The van der Waals surface area contributed by atoms with Gasteiger partial charge in [0.05, 0.1) is 18.4 Å². The number of rotatable bonds is 4. The minimum atomic E-state index is -0.436. The molecule has 3 rings (SSSR count). The Labute approximate surface area is 155 Å². The molecule has 0 aliphatic carbocycles. The summed E-state index contributed by atoms with van der Waals surface area (Å²) in [7, 11) is 0. The fourth-order valence-corrected chi connectivity index (χ4v) is 2.60. The number of esters is 1. The Hall–Kier alpha value is -3.05. The first kappa shape index (κ1) is 17.8. The van der Waals surface area contributed by atoms with Crippen molar-refractivity contribution in [3.05, 3.63) is 76.5 Å². The lowest BCUT2D eigenvalue weighted by Gasteiger charge is -2.08. The van der Waals surface area contributed by atoms with Crippen LogP contribution in [-0.4, -0.2) is 18.5 Å². The summed E-state index contributed by atoms with van der Waals surface area (Å²) in [6.45, 7) is 2.02. The third-order valence-corrected chi connectivity index (χ3v) is 3.85. The maximum absolute atomic E-state index is 12.6. The quantitative estimate of drug-likeness (QED) is 0.809. The molecule has 0 aromatic heterocycles. The number of anilines is 1. The van der Waals surface area contributed by atoms with Crippen LogP contribution in [0.4, 0.5) is 5.69 Å². The third kappa shape index (κ3) is 4.13. The van der Waals surface area contributed by atoms with Crippen LogP contribution in [0.15, 0.2) is 60.4 Å². The van der Waals surface area contributed by atoms with E-state index in [1.807, 2.05) is 0 Å². The zero-order valence-electron chi connectivity index (χ0n) is 14.0. The van der Waals surface area contributed by atoms with E-state index in [4.69, 9.17) is 21.1 Å². The summed E-state index contributed by atoms with van der Waals surface area (Å²) in [5.74, 6) is -0.161. The minimum Gasteiger partial charge on any atom is -0.464 e. The van der Waals surface area contributed by atoms with Gasteiger partial charge in [-0.25, -0.2) is 4.79 Å². The van der Waals surface area contributed by atoms with Gasteiger partial charge in [0.2, 0.25) is 0 Å². The molecule has 2 aromatic rings. The molecule has 1 amide bonds. The summed E-state index contributed by atoms with van der Waals surface area (Å²) in [4.78, 5) is 24.4. The van der Waals surface area contributed by atoms with Gasteiger partial charge in [-0.05, 0) is 55.5 Å². The normalized spacial score (nSPS) is 12.3. The first-order chi connectivity index (χ1) is 12.6. The number of ether oxygens (including phenoxy) is 2. The second-order valence-corrected chi connectivity index (χ2v) is 5.89. The van der Waals surface area contributed by atoms with Crippen LogP contribution in [0.1, 0.15) is 22.8 Å². The van der Waals surface area contributed by atoms with E-state index in [9.17, 15) is 9.59 Å². The van der Waals surface area contributed by atoms with Gasteiger partial charge in [0.1, 0.15) is 5.75 Å². The molecule has 0 unspecified atom stereocenters. The van der Waals surface area contributed by atoms with Gasteiger partial charge in [0, 0.05) is 21.8 Å². The molecule has 2 aromatic carbocycles. The van der Waals surface area contributed by atoms with E-state index in [-0.39, 0.29) is 12.5 Å². The Balaban J connectivity index is 1.82. The lowest BCUT2D eigenvalue weighted by molar-refractivity contribution is -0.112. The standard InChI is InChI=1S/C20H16ClNO4/c1-2-25-20(24)14-4-3-5-17(12-14)22-19(23)13-8-9-26-18-7-6-16(21)11-15(18)10-13/h3-12H,2H2,1H3,(H,22,23). The van der Waals surface area contributed by atoms with Crippen molar-refractivity contribution < 1.29 is 19.1 Å². The Morgan fingerprint density at radius 1 is 1.19 bits per heavy atom. The van der Waals surface area contributed by atoms with Crippen molar-refractivity contribution in [3.63, 3.8) is 0 Å². The fraction of sp³-hybridized carbons (Fsp3) is 0.100. The number of carbonyl (C=O) groups is 2. The van der Waals surface area contributed by atoms with E-state index in [0.29, 0.717) is 33.2 Å². The van der Waals surface area contributed by atoms with E-state index < -0.39 is 5.97 Å². The zero-order valence-corrected chi connectivity index (χ0v) is 14.7. The average Bonchev–Trinajstić information content (AvgIpc) is 2.84. The lowest BCUT2D eigenvalue weighted by Crippen LogP contribution is -2.14. The molecule has 6 heteroatoms. The summed E-state index contributed by atoms with van der Waals surface area (Å²) in [6.07, 6.45) is 4.70. The Kier molecular flexibility index (Phi) is 5.39. The highest BCUT2D eigenvalue weighted by molar-refractivity contribution is 6.30. The van der Waals surface area contributed by atoms with Gasteiger partial charge in [-0.15, -0.1) is 0 Å². The van der Waals surface area contributed by atoms with Gasteiger partial charge in [-0.2, -0.15) is 0 Å². The van der Waals surface area contributed by atoms with Crippen molar-refractivity contribution in [2.75, 3.05) is 11.9 Å². The van der Waals surface area contributed by atoms with Gasteiger partial charge in [0.15, 0.2) is 0 Å². The van der Waals surface area contributed by atoms with Crippen molar-refractivity contribution >= 4 is 35.2 Å². The van der Waals surface area contributed by atoms with Gasteiger partial charge >= 0.3 is 5.97 Å². The second kappa shape index (κ2) is 7.89. The highest BCUT2D eigenvalue weighted by Gasteiger charge is 2.14. The maximum Gasteiger partial charge on any atom is 0.338 e. The predicted octanol–water partition coefficient (Wildman–Crippen LogP) is 4.44. The third-order valence-electron chi connectivity index (χ3n) is 3.62. The summed E-state index contributed by atoms with van der Waals surface area (Å²) in [5.41, 5.74) is 1.96. The van der Waals surface area contributed by atoms with Gasteiger partial charge < -0.3 is 14.8 Å². The molecule has 26 heavy (non-hydrogen) atoms. The summed E-state index contributed by atoms with van der Waals surface area (Å²) in [5, 5.41) is 3.32. The highest BCUT2D eigenvalue weighted by Crippen LogP contribution is 2.28. The molecule has 132 valence electrons. The van der Waals surface area contributed by atoms with Crippen molar-refractivity contribution in [1.82, 2.24) is 0 Å². The van der Waals surface area contributed by atoms with Crippen molar-refractivity contribution in [2.45, 2.75) is 6.92 Å². The van der Waals surface area contributed by atoms with Crippen LogP contribution < -0.4 is 10.1 Å². The molecule has 1 aliphatic rings. The second-order valence-electron chi connectivity index (χ2n) is 5.46. The minimum absolute atomic E-state index is 0.287.